The summed E-state index contributed by atoms with van der Waals surface area (Å²) < 4.78 is 32.8. The van der Waals surface area contributed by atoms with E-state index in [1.54, 1.807) is 28.0 Å². The van der Waals surface area contributed by atoms with Crippen LogP contribution in [0, 0.1) is 0 Å². The molecule has 26 heavy (non-hydrogen) atoms. The van der Waals surface area contributed by atoms with E-state index in [2.05, 4.69) is 22.2 Å². The fraction of sp³-hybridized carbons (Fsp3) is 0.278. The number of hydrogen-bond donors (Lipinski definition) is 0. The van der Waals surface area contributed by atoms with Crippen molar-refractivity contribution in [3.8, 4) is 11.3 Å². The van der Waals surface area contributed by atoms with E-state index in [0.29, 0.717) is 23.1 Å². The molecule has 1 aromatic carbocycles. The summed E-state index contributed by atoms with van der Waals surface area (Å²) >= 11 is 1.22. The van der Waals surface area contributed by atoms with Crippen LogP contribution in [0.15, 0.2) is 62.8 Å². The zero-order valence-electron chi connectivity index (χ0n) is 14.1. The molecule has 3 heterocycles. The molecule has 0 aliphatic carbocycles. The molecule has 6 nitrogen and oxygen atoms in total. The van der Waals surface area contributed by atoms with Crippen LogP contribution in [0.25, 0.3) is 11.3 Å². The molecular formula is C18H19N3O3S2. The number of thiophene rings is 1. The van der Waals surface area contributed by atoms with Gasteiger partial charge in [-0.25, -0.2) is 8.42 Å². The van der Waals surface area contributed by atoms with E-state index in [1.807, 2.05) is 18.2 Å². The molecule has 4 rings (SSSR count). The predicted molar refractivity (Wildman–Crippen MR) is 100 cm³/mol. The molecule has 0 radical (unpaired) electrons. The van der Waals surface area contributed by atoms with Crippen LogP contribution in [0.4, 0.5) is 0 Å². The summed E-state index contributed by atoms with van der Waals surface area (Å²) in [7, 11) is -3.47. The van der Waals surface area contributed by atoms with Gasteiger partial charge in [0.1, 0.15) is 4.21 Å². The van der Waals surface area contributed by atoms with E-state index < -0.39 is 10.0 Å². The summed E-state index contributed by atoms with van der Waals surface area (Å²) in [5.74, 6) is 0.579. The van der Waals surface area contributed by atoms with Crippen molar-refractivity contribution in [2.24, 2.45) is 0 Å². The molecule has 2 aromatic heterocycles. The van der Waals surface area contributed by atoms with Gasteiger partial charge in [-0.05, 0) is 11.6 Å². The van der Waals surface area contributed by atoms with E-state index in [1.165, 1.54) is 16.9 Å². The highest BCUT2D eigenvalue weighted by atomic mass is 32.2. The summed E-state index contributed by atoms with van der Waals surface area (Å²) in [5, 5.41) is 5.46. The van der Waals surface area contributed by atoms with E-state index in [9.17, 15) is 8.42 Å². The third-order valence-corrected chi connectivity index (χ3v) is 7.79. The lowest BCUT2D eigenvalue weighted by molar-refractivity contribution is 0.182. The average Bonchev–Trinajstić information content (AvgIpc) is 3.35. The van der Waals surface area contributed by atoms with Crippen molar-refractivity contribution in [3.63, 3.8) is 0 Å². The molecule has 1 saturated heterocycles. The van der Waals surface area contributed by atoms with Gasteiger partial charge in [0.15, 0.2) is 5.76 Å². The van der Waals surface area contributed by atoms with Crippen molar-refractivity contribution in [2.45, 2.75) is 10.8 Å². The average molecular weight is 390 g/mol. The highest BCUT2D eigenvalue weighted by molar-refractivity contribution is 7.91. The Labute approximate surface area is 156 Å². The lowest BCUT2D eigenvalue weighted by Gasteiger charge is -2.33. The van der Waals surface area contributed by atoms with Gasteiger partial charge in [0.25, 0.3) is 10.0 Å². The van der Waals surface area contributed by atoms with Gasteiger partial charge in [0.05, 0.1) is 6.20 Å². The Morgan fingerprint density at radius 2 is 1.85 bits per heavy atom. The first kappa shape index (κ1) is 17.4. The molecule has 0 bridgehead atoms. The van der Waals surface area contributed by atoms with Crippen LogP contribution in [0.3, 0.4) is 0 Å². The second kappa shape index (κ2) is 7.32. The first-order valence-electron chi connectivity index (χ1n) is 8.39. The summed E-state index contributed by atoms with van der Waals surface area (Å²) in [6, 6.07) is 13.6. The van der Waals surface area contributed by atoms with Gasteiger partial charge in [-0.15, -0.1) is 11.3 Å². The zero-order chi connectivity index (χ0) is 18.0. The maximum absolute atomic E-state index is 12.9. The molecule has 0 saturated carbocycles. The topological polar surface area (TPSA) is 66.7 Å². The second-order valence-corrected chi connectivity index (χ2v) is 9.27. The summed E-state index contributed by atoms with van der Waals surface area (Å²) in [6.45, 7) is 3.32. The number of benzene rings is 1. The van der Waals surface area contributed by atoms with E-state index in [0.717, 1.165) is 25.2 Å². The Bertz CT molecular complexity index is 945. The third kappa shape index (κ3) is 3.59. The first-order valence-corrected chi connectivity index (χ1v) is 10.7. The third-order valence-electron chi connectivity index (χ3n) is 4.47. The van der Waals surface area contributed by atoms with Crippen molar-refractivity contribution < 1.29 is 12.9 Å². The minimum absolute atomic E-state index is 0.348. The maximum Gasteiger partial charge on any atom is 0.252 e. The molecule has 0 unspecified atom stereocenters. The summed E-state index contributed by atoms with van der Waals surface area (Å²) in [6.07, 6.45) is 1.55. The molecule has 3 aromatic rings. The SMILES string of the molecule is O=S(=O)(c1cc(-c2ccno2)cs1)N1CCN(Cc2ccccc2)CC1. The number of nitrogens with zero attached hydrogens (tertiary/aromatic N) is 3. The molecule has 1 aliphatic rings. The smallest absolute Gasteiger partial charge is 0.252 e. The lowest BCUT2D eigenvalue weighted by atomic mass is 10.2. The number of aromatic nitrogens is 1. The number of piperazine rings is 1. The van der Waals surface area contributed by atoms with Crippen molar-refractivity contribution in [3.05, 3.63) is 59.6 Å². The number of sulfonamides is 1. The predicted octanol–water partition coefficient (Wildman–Crippen LogP) is 2.91. The number of hydrogen-bond acceptors (Lipinski definition) is 6. The first-order chi connectivity index (χ1) is 12.6. The van der Waals surface area contributed by atoms with Gasteiger partial charge < -0.3 is 4.52 Å². The van der Waals surface area contributed by atoms with Gasteiger partial charge in [-0.1, -0.05) is 35.5 Å². The van der Waals surface area contributed by atoms with Gasteiger partial charge >= 0.3 is 0 Å². The van der Waals surface area contributed by atoms with Crippen LogP contribution in [0.2, 0.25) is 0 Å². The standard InChI is InChI=1S/C18H19N3O3S2/c22-26(23,18-12-16(14-25-18)17-6-7-19-24-17)21-10-8-20(9-11-21)13-15-4-2-1-3-5-15/h1-7,12,14H,8-11,13H2. The van der Waals surface area contributed by atoms with Gasteiger partial charge in [0.2, 0.25) is 0 Å². The second-order valence-electron chi connectivity index (χ2n) is 6.20. The maximum atomic E-state index is 12.9. The van der Waals surface area contributed by atoms with Crippen LogP contribution in [0.1, 0.15) is 5.56 Å². The Morgan fingerprint density at radius 1 is 1.08 bits per heavy atom. The van der Waals surface area contributed by atoms with E-state index in [4.69, 9.17) is 4.52 Å². The van der Waals surface area contributed by atoms with Crippen LogP contribution < -0.4 is 0 Å². The van der Waals surface area contributed by atoms with Crippen LogP contribution in [-0.2, 0) is 16.6 Å². The van der Waals surface area contributed by atoms with Crippen LogP contribution in [-0.4, -0.2) is 49.0 Å². The number of rotatable bonds is 5. The minimum atomic E-state index is -3.47. The van der Waals surface area contributed by atoms with Crippen molar-refractivity contribution >= 4 is 21.4 Å². The molecule has 0 amide bonds. The summed E-state index contributed by atoms with van der Waals surface area (Å²) in [5.41, 5.74) is 1.99. The Kier molecular flexibility index (Phi) is 4.90. The van der Waals surface area contributed by atoms with Crippen molar-refractivity contribution in [1.82, 2.24) is 14.4 Å². The highest BCUT2D eigenvalue weighted by Crippen LogP contribution is 2.30. The Hall–Kier alpha value is -2.00. The molecule has 136 valence electrons. The molecule has 0 N–H and O–H groups in total. The fourth-order valence-electron chi connectivity index (χ4n) is 3.04. The zero-order valence-corrected chi connectivity index (χ0v) is 15.7. The minimum Gasteiger partial charge on any atom is -0.356 e. The molecule has 1 aliphatic heterocycles. The van der Waals surface area contributed by atoms with E-state index >= 15 is 0 Å². The molecule has 8 heteroatoms. The van der Waals surface area contributed by atoms with Crippen molar-refractivity contribution in [2.75, 3.05) is 26.2 Å². The molecule has 0 atom stereocenters. The summed E-state index contributed by atoms with van der Waals surface area (Å²) in [4.78, 5) is 2.29. The van der Waals surface area contributed by atoms with E-state index in [-0.39, 0.29) is 0 Å². The Morgan fingerprint density at radius 3 is 2.54 bits per heavy atom. The largest absolute Gasteiger partial charge is 0.356 e. The van der Waals surface area contributed by atoms with Gasteiger partial charge in [-0.3, -0.25) is 4.90 Å². The highest BCUT2D eigenvalue weighted by Gasteiger charge is 2.30. The molecule has 1 fully saturated rings. The van der Waals surface area contributed by atoms with Crippen molar-refractivity contribution in [1.29, 1.82) is 0 Å². The van der Waals surface area contributed by atoms with Gasteiger partial charge in [-0.2, -0.15) is 4.31 Å². The lowest BCUT2D eigenvalue weighted by Crippen LogP contribution is -2.48. The molecule has 0 spiro atoms. The Balaban J connectivity index is 1.42. The normalized spacial score (nSPS) is 16.8. The monoisotopic (exact) mass is 389 g/mol. The van der Waals surface area contributed by atoms with Crippen LogP contribution >= 0.6 is 11.3 Å². The molecular weight excluding hydrogens is 370 g/mol. The fourth-order valence-corrected chi connectivity index (χ4v) is 5.79. The van der Waals surface area contributed by atoms with Crippen LogP contribution in [0.5, 0.6) is 0 Å². The quantitative estimate of drug-likeness (QED) is 0.671. The van der Waals surface area contributed by atoms with Gasteiger partial charge in [0, 0.05) is 49.7 Å².